The van der Waals surface area contributed by atoms with Crippen molar-refractivity contribution in [1.82, 2.24) is 4.98 Å². The topological polar surface area (TPSA) is 79.7 Å². The number of phenols is 1. The van der Waals surface area contributed by atoms with E-state index < -0.39 is 5.97 Å². The molecule has 18 heavy (non-hydrogen) atoms. The number of aromatic carboxylic acids is 1. The van der Waals surface area contributed by atoms with Crippen molar-refractivity contribution in [3.63, 3.8) is 0 Å². The van der Waals surface area contributed by atoms with Crippen molar-refractivity contribution in [3.05, 3.63) is 53.9 Å². The molecule has 0 saturated heterocycles. The van der Waals surface area contributed by atoms with Crippen LogP contribution in [0.3, 0.4) is 0 Å². The molecule has 5 heteroatoms. The number of aromatic hydroxyl groups is 1. The molecule has 0 aliphatic carbocycles. The lowest BCUT2D eigenvalue weighted by Crippen LogP contribution is -2.01. The van der Waals surface area contributed by atoms with Crippen molar-refractivity contribution >= 4 is 5.97 Å². The highest BCUT2D eigenvalue weighted by atomic mass is 16.5. The van der Waals surface area contributed by atoms with Crippen LogP contribution in [-0.4, -0.2) is 21.2 Å². The van der Waals surface area contributed by atoms with Crippen molar-refractivity contribution in [3.8, 4) is 11.5 Å². The van der Waals surface area contributed by atoms with Crippen LogP contribution in [0.4, 0.5) is 0 Å². The summed E-state index contributed by atoms with van der Waals surface area (Å²) in [7, 11) is 0. The van der Waals surface area contributed by atoms with Gasteiger partial charge in [0.2, 0.25) is 0 Å². The van der Waals surface area contributed by atoms with Crippen LogP contribution in [0.5, 0.6) is 11.5 Å². The van der Waals surface area contributed by atoms with E-state index in [2.05, 4.69) is 4.98 Å². The molecule has 0 unspecified atom stereocenters. The summed E-state index contributed by atoms with van der Waals surface area (Å²) in [6, 6.07) is 7.83. The van der Waals surface area contributed by atoms with Gasteiger partial charge >= 0.3 is 5.97 Å². The van der Waals surface area contributed by atoms with E-state index in [1.165, 1.54) is 12.1 Å². The van der Waals surface area contributed by atoms with Crippen molar-refractivity contribution < 1.29 is 19.7 Å². The summed E-state index contributed by atoms with van der Waals surface area (Å²) >= 11 is 0. The van der Waals surface area contributed by atoms with E-state index in [0.29, 0.717) is 11.3 Å². The Balaban J connectivity index is 2.11. The molecule has 0 bridgehead atoms. The Morgan fingerprint density at radius 3 is 2.83 bits per heavy atom. The van der Waals surface area contributed by atoms with Crippen LogP contribution in [0.25, 0.3) is 0 Å². The number of hydrogen-bond acceptors (Lipinski definition) is 4. The number of rotatable bonds is 4. The minimum atomic E-state index is -1.17. The molecular weight excluding hydrogens is 234 g/mol. The van der Waals surface area contributed by atoms with E-state index in [4.69, 9.17) is 9.84 Å². The summed E-state index contributed by atoms with van der Waals surface area (Å²) in [5.41, 5.74) is 0.524. The number of ether oxygens (including phenoxy) is 1. The maximum Gasteiger partial charge on any atom is 0.339 e. The molecule has 5 nitrogen and oxygen atoms in total. The fourth-order valence-electron chi connectivity index (χ4n) is 1.44. The molecule has 0 atom stereocenters. The molecule has 2 rings (SSSR count). The molecule has 0 aliphatic heterocycles. The van der Waals surface area contributed by atoms with Crippen LogP contribution in [-0.2, 0) is 6.61 Å². The number of pyridine rings is 1. The number of aromatic nitrogens is 1. The number of benzene rings is 1. The Kier molecular flexibility index (Phi) is 3.43. The summed E-state index contributed by atoms with van der Waals surface area (Å²) in [5, 5.41) is 18.2. The van der Waals surface area contributed by atoms with Crippen LogP contribution < -0.4 is 4.74 Å². The predicted octanol–water partition coefficient (Wildman–Crippen LogP) is 2.06. The maximum atomic E-state index is 10.8. The number of carboxylic acids is 1. The zero-order valence-electron chi connectivity index (χ0n) is 9.41. The molecule has 0 aliphatic rings. The van der Waals surface area contributed by atoms with Crippen LogP contribution in [0.15, 0.2) is 42.7 Å². The van der Waals surface area contributed by atoms with Gasteiger partial charge < -0.3 is 14.9 Å². The van der Waals surface area contributed by atoms with E-state index in [1.807, 2.05) is 0 Å². The third-order valence-electron chi connectivity index (χ3n) is 2.33. The summed E-state index contributed by atoms with van der Waals surface area (Å²) in [4.78, 5) is 14.7. The highest BCUT2D eigenvalue weighted by Crippen LogP contribution is 2.19. The van der Waals surface area contributed by atoms with Crippen LogP contribution in [0.2, 0.25) is 0 Å². The molecule has 0 saturated carbocycles. The second-order valence-corrected chi connectivity index (χ2v) is 3.63. The van der Waals surface area contributed by atoms with Crippen molar-refractivity contribution in [2.24, 2.45) is 0 Å². The minimum Gasteiger partial charge on any atom is -0.507 e. The Labute approximate surface area is 103 Å². The van der Waals surface area contributed by atoms with Gasteiger partial charge in [0.25, 0.3) is 0 Å². The first-order valence-corrected chi connectivity index (χ1v) is 5.25. The third kappa shape index (κ3) is 2.76. The first-order valence-electron chi connectivity index (χ1n) is 5.25. The van der Waals surface area contributed by atoms with Gasteiger partial charge in [-0.25, -0.2) is 4.79 Å². The molecule has 0 fully saturated rings. The van der Waals surface area contributed by atoms with Gasteiger partial charge in [-0.1, -0.05) is 6.07 Å². The molecule has 1 aromatic carbocycles. The van der Waals surface area contributed by atoms with E-state index in [0.717, 1.165) is 0 Å². The molecule has 2 N–H and O–H groups in total. The van der Waals surface area contributed by atoms with Gasteiger partial charge in [0, 0.05) is 6.20 Å². The van der Waals surface area contributed by atoms with Crippen LogP contribution in [0.1, 0.15) is 15.9 Å². The first-order chi connectivity index (χ1) is 8.66. The first kappa shape index (κ1) is 11.9. The van der Waals surface area contributed by atoms with Crippen LogP contribution >= 0.6 is 0 Å². The second-order valence-electron chi connectivity index (χ2n) is 3.63. The average Bonchev–Trinajstić information content (AvgIpc) is 2.38. The quantitative estimate of drug-likeness (QED) is 0.861. The summed E-state index contributed by atoms with van der Waals surface area (Å²) < 4.78 is 5.43. The average molecular weight is 245 g/mol. The molecule has 1 heterocycles. The molecule has 1 aromatic heterocycles. The lowest BCUT2D eigenvalue weighted by Gasteiger charge is -2.07. The lowest BCUT2D eigenvalue weighted by atomic mass is 10.1. The normalized spacial score (nSPS) is 10.0. The highest BCUT2D eigenvalue weighted by Gasteiger charge is 2.10. The maximum absolute atomic E-state index is 10.8. The summed E-state index contributed by atoms with van der Waals surface area (Å²) in [6.45, 7) is 0.215. The number of hydrogen-bond donors (Lipinski definition) is 2. The van der Waals surface area contributed by atoms with E-state index in [1.54, 1.807) is 30.6 Å². The Bertz CT molecular complexity index is 554. The SMILES string of the molecule is O=C(O)c1cc(COc2cccnc2)ccc1O. The van der Waals surface area contributed by atoms with Crippen molar-refractivity contribution in [2.45, 2.75) is 6.61 Å². The van der Waals surface area contributed by atoms with E-state index in [-0.39, 0.29) is 17.9 Å². The third-order valence-corrected chi connectivity index (χ3v) is 2.33. The largest absolute Gasteiger partial charge is 0.507 e. The van der Waals surface area contributed by atoms with Gasteiger partial charge in [0.1, 0.15) is 23.7 Å². The van der Waals surface area contributed by atoms with Crippen LogP contribution in [0, 0.1) is 0 Å². The van der Waals surface area contributed by atoms with Crippen molar-refractivity contribution in [2.75, 3.05) is 0 Å². The minimum absolute atomic E-state index is 0.137. The standard InChI is InChI=1S/C13H11NO4/c15-12-4-3-9(6-11(12)13(16)17)8-18-10-2-1-5-14-7-10/h1-7,15H,8H2,(H,16,17). The summed E-state index contributed by atoms with van der Waals surface area (Å²) in [6.07, 6.45) is 3.20. The van der Waals surface area contributed by atoms with E-state index >= 15 is 0 Å². The van der Waals surface area contributed by atoms with E-state index in [9.17, 15) is 9.90 Å². The van der Waals surface area contributed by atoms with Gasteiger partial charge in [0.05, 0.1) is 6.20 Å². The van der Waals surface area contributed by atoms with Gasteiger partial charge in [0.15, 0.2) is 0 Å². The smallest absolute Gasteiger partial charge is 0.339 e. The fraction of sp³-hybridized carbons (Fsp3) is 0.0769. The second kappa shape index (κ2) is 5.18. The summed E-state index contributed by atoms with van der Waals surface area (Å²) in [5.74, 6) is -0.828. The Hall–Kier alpha value is -2.56. The zero-order valence-corrected chi connectivity index (χ0v) is 9.41. The number of carbonyl (C=O) groups is 1. The molecule has 92 valence electrons. The molecule has 0 amide bonds. The molecule has 2 aromatic rings. The Morgan fingerprint density at radius 2 is 2.17 bits per heavy atom. The Morgan fingerprint density at radius 1 is 1.33 bits per heavy atom. The predicted molar refractivity (Wildman–Crippen MR) is 63.6 cm³/mol. The number of nitrogens with zero attached hydrogens (tertiary/aromatic N) is 1. The van der Waals surface area contributed by atoms with Gasteiger partial charge in [-0.05, 0) is 29.8 Å². The monoisotopic (exact) mass is 245 g/mol. The fourth-order valence-corrected chi connectivity index (χ4v) is 1.44. The highest BCUT2D eigenvalue weighted by molar-refractivity contribution is 5.90. The molecule has 0 radical (unpaired) electrons. The molecular formula is C13H11NO4. The molecule has 0 spiro atoms. The van der Waals surface area contributed by atoms with Gasteiger partial charge in [-0.3, -0.25) is 4.98 Å². The van der Waals surface area contributed by atoms with Gasteiger partial charge in [-0.2, -0.15) is 0 Å². The zero-order chi connectivity index (χ0) is 13.0. The van der Waals surface area contributed by atoms with Crippen molar-refractivity contribution in [1.29, 1.82) is 0 Å². The van der Waals surface area contributed by atoms with Gasteiger partial charge in [-0.15, -0.1) is 0 Å². The lowest BCUT2D eigenvalue weighted by molar-refractivity contribution is 0.0693. The number of carboxylic acid groups (broad SMARTS) is 1.